The molecule has 2 aromatic rings. The van der Waals surface area contributed by atoms with E-state index in [0.29, 0.717) is 37.4 Å². The van der Waals surface area contributed by atoms with E-state index in [2.05, 4.69) is 26.1 Å². The van der Waals surface area contributed by atoms with Crippen molar-refractivity contribution in [2.45, 2.75) is 39.0 Å². The summed E-state index contributed by atoms with van der Waals surface area (Å²) in [5, 5.41) is 13.0. The molecule has 0 aliphatic carbocycles. The van der Waals surface area contributed by atoms with Gasteiger partial charge in [-0.1, -0.05) is 45.0 Å². The standard InChI is InChI=1S/C24H30N2O4/c1-24(2,3)18-9-10-21(27)20(15-18)25-23(29)17-11-13-26(14-12-17)22(28)16-30-19-7-5-4-6-8-19/h4-10,15,17,27H,11-14,16H2,1-3H3,(H,25,29). The molecule has 0 atom stereocenters. The lowest BCUT2D eigenvalue weighted by molar-refractivity contribution is -0.136. The van der Waals surface area contributed by atoms with Gasteiger partial charge in [0, 0.05) is 19.0 Å². The number of rotatable bonds is 5. The van der Waals surface area contributed by atoms with Gasteiger partial charge in [0.05, 0.1) is 5.69 Å². The van der Waals surface area contributed by atoms with Gasteiger partial charge in [-0.3, -0.25) is 9.59 Å². The van der Waals surface area contributed by atoms with Gasteiger partial charge in [0.1, 0.15) is 11.5 Å². The third kappa shape index (κ3) is 5.53. The highest BCUT2D eigenvalue weighted by Crippen LogP contribution is 2.31. The Morgan fingerprint density at radius 3 is 2.40 bits per heavy atom. The molecule has 0 unspecified atom stereocenters. The molecular weight excluding hydrogens is 380 g/mol. The summed E-state index contributed by atoms with van der Waals surface area (Å²) in [5.41, 5.74) is 1.39. The number of likely N-dealkylation sites (tertiary alicyclic amines) is 1. The molecule has 1 aliphatic heterocycles. The summed E-state index contributed by atoms with van der Waals surface area (Å²) in [5.74, 6) is 0.332. The quantitative estimate of drug-likeness (QED) is 0.732. The summed E-state index contributed by atoms with van der Waals surface area (Å²) in [4.78, 5) is 26.8. The minimum absolute atomic E-state index is 0.00561. The van der Waals surface area contributed by atoms with Gasteiger partial charge in [-0.25, -0.2) is 0 Å². The fourth-order valence-electron chi connectivity index (χ4n) is 3.48. The number of carbonyl (C=O) groups is 2. The molecule has 30 heavy (non-hydrogen) atoms. The molecule has 6 nitrogen and oxygen atoms in total. The van der Waals surface area contributed by atoms with E-state index in [1.807, 2.05) is 42.5 Å². The van der Waals surface area contributed by atoms with Crippen molar-refractivity contribution in [2.24, 2.45) is 5.92 Å². The second kappa shape index (κ2) is 9.20. The number of carbonyl (C=O) groups excluding carboxylic acids is 2. The van der Waals surface area contributed by atoms with Gasteiger partial charge in [-0.2, -0.15) is 0 Å². The van der Waals surface area contributed by atoms with Crippen LogP contribution in [0.2, 0.25) is 0 Å². The zero-order valence-corrected chi connectivity index (χ0v) is 17.9. The maximum atomic E-state index is 12.7. The molecule has 2 amide bonds. The average Bonchev–Trinajstić information content (AvgIpc) is 2.73. The van der Waals surface area contributed by atoms with Crippen molar-refractivity contribution < 1.29 is 19.4 Å². The fraction of sp³-hybridized carbons (Fsp3) is 0.417. The Morgan fingerprint density at radius 2 is 1.77 bits per heavy atom. The molecule has 2 aromatic carbocycles. The van der Waals surface area contributed by atoms with E-state index in [9.17, 15) is 14.7 Å². The fourth-order valence-corrected chi connectivity index (χ4v) is 3.48. The van der Waals surface area contributed by atoms with Gasteiger partial charge in [0.15, 0.2) is 6.61 Å². The highest BCUT2D eigenvalue weighted by molar-refractivity contribution is 5.94. The van der Waals surface area contributed by atoms with Crippen molar-refractivity contribution in [3.05, 3.63) is 54.1 Å². The van der Waals surface area contributed by atoms with Crippen LogP contribution in [0.5, 0.6) is 11.5 Å². The normalized spacial score (nSPS) is 15.0. The van der Waals surface area contributed by atoms with E-state index >= 15 is 0 Å². The molecule has 0 aromatic heterocycles. The average molecular weight is 411 g/mol. The number of anilines is 1. The molecule has 1 aliphatic rings. The lowest BCUT2D eigenvalue weighted by Crippen LogP contribution is -2.43. The van der Waals surface area contributed by atoms with E-state index in [1.54, 1.807) is 11.0 Å². The molecule has 1 heterocycles. The van der Waals surface area contributed by atoms with E-state index in [0.717, 1.165) is 5.56 Å². The number of piperidine rings is 1. The number of nitrogens with one attached hydrogen (secondary N) is 1. The monoisotopic (exact) mass is 410 g/mol. The summed E-state index contributed by atoms with van der Waals surface area (Å²) < 4.78 is 5.53. The van der Waals surface area contributed by atoms with Crippen LogP contribution in [-0.2, 0) is 15.0 Å². The number of hydrogen-bond acceptors (Lipinski definition) is 4. The van der Waals surface area contributed by atoms with Gasteiger partial charge in [0.25, 0.3) is 5.91 Å². The largest absolute Gasteiger partial charge is 0.506 e. The molecule has 160 valence electrons. The first-order valence-corrected chi connectivity index (χ1v) is 10.3. The van der Waals surface area contributed by atoms with Gasteiger partial charge in [0.2, 0.25) is 5.91 Å². The van der Waals surface area contributed by atoms with Gasteiger partial charge < -0.3 is 20.1 Å². The Labute approximate surface area is 177 Å². The van der Waals surface area contributed by atoms with Crippen LogP contribution in [0.4, 0.5) is 5.69 Å². The number of aromatic hydroxyl groups is 1. The highest BCUT2D eigenvalue weighted by atomic mass is 16.5. The third-order valence-corrected chi connectivity index (χ3v) is 5.44. The van der Waals surface area contributed by atoms with Gasteiger partial charge in [-0.15, -0.1) is 0 Å². The Bertz CT molecular complexity index is 882. The number of para-hydroxylation sites is 1. The zero-order valence-electron chi connectivity index (χ0n) is 17.9. The molecule has 6 heteroatoms. The zero-order chi connectivity index (χ0) is 21.7. The molecule has 0 radical (unpaired) electrons. The molecule has 1 fully saturated rings. The number of nitrogens with zero attached hydrogens (tertiary/aromatic N) is 1. The Morgan fingerprint density at radius 1 is 1.10 bits per heavy atom. The first-order chi connectivity index (χ1) is 14.2. The number of phenols is 1. The van der Waals surface area contributed by atoms with Crippen molar-refractivity contribution in [1.82, 2.24) is 4.90 Å². The number of phenolic OH excluding ortho intramolecular Hbond substituents is 1. The van der Waals surface area contributed by atoms with E-state index < -0.39 is 0 Å². The van der Waals surface area contributed by atoms with E-state index in [-0.39, 0.29) is 35.5 Å². The maximum absolute atomic E-state index is 12.7. The Kier molecular flexibility index (Phi) is 6.65. The summed E-state index contributed by atoms with van der Waals surface area (Å²) in [6, 6.07) is 14.5. The van der Waals surface area contributed by atoms with Crippen LogP contribution in [0, 0.1) is 5.92 Å². The van der Waals surface area contributed by atoms with Crippen LogP contribution in [-0.4, -0.2) is 41.5 Å². The predicted molar refractivity (Wildman–Crippen MR) is 117 cm³/mol. The molecular formula is C24H30N2O4. The lowest BCUT2D eigenvalue weighted by Gasteiger charge is -2.31. The first kappa shape index (κ1) is 21.7. The van der Waals surface area contributed by atoms with Crippen LogP contribution in [0.25, 0.3) is 0 Å². The molecule has 2 N–H and O–H groups in total. The highest BCUT2D eigenvalue weighted by Gasteiger charge is 2.28. The summed E-state index contributed by atoms with van der Waals surface area (Å²) in [7, 11) is 0. The molecule has 0 spiro atoms. The minimum atomic E-state index is -0.193. The van der Waals surface area contributed by atoms with Gasteiger partial charge >= 0.3 is 0 Å². The third-order valence-electron chi connectivity index (χ3n) is 5.44. The van der Waals surface area contributed by atoms with Crippen molar-refractivity contribution in [3.63, 3.8) is 0 Å². The number of amides is 2. The van der Waals surface area contributed by atoms with Crippen molar-refractivity contribution in [1.29, 1.82) is 0 Å². The lowest BCUT2D eigenvalue weighted by atomic mass is 9.86. The SMILES string of the molecule is CC(C)(C)c1ccc(O)c(NC(=O)C2CCN(C(=O)COc3ccccc3)CC2)c1. The Hall–Kier alpha value is -3.02. The topological polar surface area (TPSA) is 78.9 Å². The molecule has 1 saturated heterocycles. The maximum Gasteiger partial charge on any atom is 0.260 e. The second-order valence-corrected chi connectivity index (χ2v) is 8.73. The minimum Gasteiger partial charge on any atom is -0.506 e. The molecule has 0 saturated carbocycles. The Balaban J connectivity index is 1.51. The van der Waals surface area contributed by atoms with Crippen LogP contribution in [0.3, 0.4) is 0 Å². The van der Waals surface area contributed by atoms with Crippen molar-refractivity contribution in [2.75, 3.05) is 25.0 Å². The first-order valence-electron chi connectivity index (χ1n) is 10.3. The summed E-state index contributed by atoms with van der Waals surface area (Å²) in [6.07, 6.45) is 1.17. The molecule has 3 rings (SSSR count). The van der Waals surface area contributed by atoms with Gasteiger partial charge in [-0.05, 0) is 48.1 Å². The summed E-state index contributed by atoms with van der Waals surface area (Å²) in [6.45, 7) is 7.28. The van der Waals surface area contributed by atoms with Crippen molar-refractivity contribution in [3.8, 4) is 11.5 Å². The number of ether oxygens (including phenoxy) is 1. The second-order valence-electron chi connectivity index (χ2n) is 8.73. The predicted octanol–water partition coefficient (Wildman–Crippen LogP) is 3.95. The van der Waals surface area contributed by atoms with Crippen LogP contribution < -0.4 is 10.1 Å². The van der Waals surface area contributed by atoms with E-state index in [4.69, 9.17) is 4.74 Å². The van der Waals surface area contributed by atoms with Crippen molar-refractivity contribution >= 4 is 17.5 Å². The van der Waals surface area contributed by atoms with Crippen LogP contribution >= 0.6 is 0 Å². The number of benzene rings is 2. The molecule has 0 bridgehead atoms. The smallest absolute Gasteiger partial charge is 0.260 e. The summed E-state index contributed by atoms with van der Waals surface area (Å²) >= 11 is 0. The number of hydrogen-bond donors (Lipinski definition) is 2. The van der Waals surface area contributed by atoms with Crippen LogP contribution in [0.1, 0.15) is 39.2 Å². The van der Waals surface area contributed by atoms with E-state index in [1.165, 1.54) is 0 Å². The van der Waals surface area contributed by atoms with Crippen LogP contribution in [0.15, 0.2) is 48.5 Å².